The van der Waals surface area contributed by atoms with Crippen molar-refractivity contribution in [3.63, 3.8) is 0 Å². The number of hydrogen-bond acceptors (Lipinski definition) is 9. The SMILES string of the molecule is COc1cc2c(cc1O)C(CCC(O)C(CCC(C)C)CC1=CCNC(N)=C1)C#CC(C(O)CCCCC1CNC3CC(=O)CCC3C1)C(=O)CC2. The first-order chi connectivity index (χ1) is 25.0. The van der Waals surface area contributed by atoms with E-state index in [9.17, 15) is 24.9 Å². The average molecular weight is 718 g/mol. The van der Waals surface area contributed by atoms with Gasteiger partial charge in [-0.2, -0.15) is 0 Å². The Balaban J connectivity index is 1.25. The van der Waals surface area contributed by atoms with Gasteiger partial charge >= 0.3 is 0 Å². The lowest BCUT2D eigenvalue weighted by atomic mass is 9.74. The van der Waals surface area contributed by atoms with Gasteiger partial charge in [-0.15, -0.1) is 0 Å². The van der Waals surface area contributed by atoms with E-state index in [1.807, 2.05) is 6.08 Å². The molecule has 8 unspecified atom stereocenters. The van der Waals surface area contributed by atoms with E-state index in [2.05, 4.69) is 42.4 Å². The second-order valence-corrected chi connectivity index (χ2v) is 16.4. The third kappa shape index (κ3) is 11.1. The third-order valence-corrected chi connectivity index (χ3v) is 12.0. The van der Waals surface area contributed by atoms with Gasteiger partial charge in [0.1, 0.15) is 11.7 Å². The number of aromatic hydroxyl groups is 1. The summed E-state index contributed by atoms with van der Waals surface area (Å²) >= 11 is 0. The van der Waals surface area contributed by atoms with Gasteiger partial charge in [-0.1, -0.05) is 51.0 Å². The maximum Gasteiger partial charge on any atom is 0.160 e. The monoisotopic (exact) mass is 717 g/mol. The Morgan fingerprint density at radius 2 is 1.85 bits per heavy atom. The standard InChI is InChI=1S/C43H63N3O6/c1-27(2)8-9-33(20-28-18-19-45-43(44)22-28)38(48)16-12-30-11-15-35(40(50)17-13-31-23-42(52-3)41(51)25-36(30)31)39(49)7-5-4-6-29-21-32-10-14-34(47)24-37(32)46-26-29/h18,22-23,25,27,29-30,32-33,35,37-39,45-46,48-49,51H,4-10,12-14,16-17,19-21,24,26,44H2,1-3H3. The molecule has 1 aromatic rings. The second kappa shape index (κ2) is 19.1. The van der Waals surface area contributed by atoms with Gasteiger partial charge in [0.2, 0.25) is 0 Å². The highest BCUT2D eigenvalue weighted by Crippen LogP contribution is 2.38. The molecule has 0 bridgehead atoms. The van der Waals surface area contributed by atoms with Crippen LogP contribution in [-0.4, -0.2) is 65.3 Å². The van der Waals surface area contributed by atoms with Crippen LogP contribution in [0.15, 0.2) is 35.7 Å². The van der Waals surface area contributed by atoms with E-state index in [4.69, 9.17) is 10.5 Å². The summed E-state index contributed by atoms with van der Waals surface area (Å²) in [5.74, 6) is 8.55. The predicted molar refractivity (Wildman–Crippen MR) is 204 cm³/mol. The number of carbonyl (C=O) groups excluding carboxylic acids is 2. The van der Waals surface area contributed by atoms with Gasteiger partial charge in [0.15, 0.2) is 17.3 Å². The molecule has 0 aromatic heterocycles. The molecular weight excluding hydrogens is 654 g/mol. The van der Waals surface area contributed by atoms with Crippen LogP contribution in [0.2, 0.25) is 0 Å². The van der Waals surface area contributed by atoms with Crippen molar-refractivity contribution in [2.75, 3.05) is 20.2 Å². The number of aryl methyl sites for hydroxylation is 1. The number of aliphatic hydroxyl groups excluding tert-OH is 2. The summed E-state index contributed by atoms with van der Waals surface area (Å²) in [6.45, 7) is 6.03. The fraction of sp³-hybridized carbons (Fsp3) is 0.674. The molecule has 2 aliphatic heterocycles. The number of carbonyl (C=O) groups is 2. The van der Waals surface area contributed by atoms with Gasteiger partial charge in [-0.05, 0) is 123 Å². The minimum atomic E-state index is -0.854. The Hall–Kier alpha value is -3.32. The topological polar surface area (TPSA) is 154 Å². The highest BCUT2D eigenvalue weighted by atomic mass is 16.5. The number of allylic oxidation sites excluding steroid dienone is 2. The normalized spacial score (nSPS) is 26.5. The summed E-state index contributed by atoms with van der Waals surface area (Å²) in [6.07, 6.45) is 14.0. The van der Waals surface area contributed by atoms with Crippen molar-refractivity contribution in [3.8, 4) is 23.3 Å². The summed E-state index contributed by atoms with van der Waals surface area (Å²) in [6, 6.07) is 3.85. The number of nitrogens with one attached hydrogen (secondary N) is 2. The molecule has 0 radical (unpaired) electrons. The number of Topliss-reactive ketones (excluding diaryl/α,β-unsaturated/α-hetero) is 2. The van der Waals surface area contributed by atoms with Crippen LogP contribution in [0, 0.1) is 41.4 Å². The van der Waals surface area contributed by atoms with E-state index in [-0.39, 0.29) is 29.8 Å². The lowest BCUT2D eigenvalue weighted by Crippen LogP contribution is -2.48. The van der Waals surface area contributed by atoms with Crippen molar-refractivity contribution < 1.29 is 29.6 Å². The molecule has 9 heteroatoms. The zero-order valence-electron chi connectivity index (χ0n) is 31.7. The van der Waals surface area contributed by atoms with Gasteiger partial charge in [0.05, 0.1) is 25.1 Å². The molecule has 2 fully saturated rings. The number of piperidine rings is 1. The lowest BCUT2D eigenvalue weighted by Gasteiger charge is -2.39. The number of phenolic OH excluding ortho intramolecular Hbond substituents is 1. The number of hydrogen-bond donors (Lipinski definition) is 6. The molecular formula is C43H63N3O6. The maximum absolute atomic E-state index is 13.6. The second-order valence-electron chi connectivity index (χ2n) is 16.4. The van der Waals surface area contributed by atoms with E-state index in [0.29, 0.717) is 86.2 Å². The quantitative estimate of drug-likeness (QED) is 0.0920. The molecule has 0 spiro atoms. The molecule has 8 atom stereocenters. The predicted octanol–water partition coefficient (Wildman–Crippen LogP) is 5.80. The zero-order chi connectivity index (χ0) is 37.2. The van der Waals surface area contributed by atoms with Crippen LogP contribution in [-0.2, 0) is 16.0 Å². The maximum atomic E-state index is 13.6. The number of aliphatic hydroxyl groups is 2. The number of phenols is 1. The molecule has 2 heterocycles. The zero-order valence-corrected chi connectivity index (χ0v) is 31.7. The van der Waals surface area contributed by atoms with E-state index in [1.165, 1.54) is 7.11 Å². The fourth-order valence-corrected chi connectivity index (χ4v) is 8.82. The summed E-state index contributed by atoms with van der Waals surface area (Å²) in [5, 5.41) is 40.6. The average Bonchev–Trinajstić information content (AvgIpc) is 3.18. The molecule has 9 nitrogen and oxygen atoms in total. The van der Waals surface area contributed by atoms with Gasteiger partial charge < -0.3 is 36.4 Å². The molecule has 4 aliphatic rings. The number of nitrogens with two attached hydrogens (primary N) is 1. The first-order valence-corrected chi connectivity index (χ1v) is 20.0. The molecule has 2 aliphatic carbocycles. The Labute approximate surface area is 311 Å². The Kier molecular flexibility index (Phi) is 14.7. The van der Waals surface area contributed by atoms with E-state index < -0.39 is 18.1 Å². The molecule has 5 rings (SSSR count). The highest BCUT2D eigenvalue weighted by Gasteiger charge is 2.35. The van der Waals surface area contributed by atoms with Gasteiger partial charge in [0.25, 0.3) is 0 Å². The summed E-state index contributed by atoms with van der Waals surface area (Å²) < 4.78 is 5.43. The number of fused-ring (bicyclic) bond motifs is 2. The minimum Gasteiger partial charge on any atom is -0.504 e. The number of dihydropyridines is 1. The molecule has 1 aromatic carbocycles. The van der Waals surface area contributed by atoms with Crippen LogP contribution >= 0.6 is 0 Å². The van der Waals surface area contributed by atoms with Crippen molar-refractivity contribution in [1.82, 2.24) is 10.6 Å². The van der Waals surface area contributed by atoms with Gasteiger partial charge in [0, 0.05) is 37.8 Å². The van der Waals surface area contributed by atoms with E-state index in [0.717, 1.165) is 74.6 Å². The number of unbranched alkanes of at least 4 members (excludes halogenated alkanes) is 1. The molecule has 52 heavy (non-hydrogen) atoms. The lowest BCUT2D eigenvalue weighted by molar-refractivity contribution is -0.124. The summed E-state index contributed by atoms with van der Waals surface area (Å²) in [7, 11) is 1.51. The summed E-state index contributed by atoms with van der Waals surface area (Å²) in [4.78, 5) is 25.5. The van der Waals surface area contributed by atoms with Crippen LogP contribution < -0.4 is 21.1 Å². The molecule has 286 valence electrons. The number of methoxy groups -OCH3 is 1. The summed E-state index contributed by atoms with van der Waals surface area (Å²) in [5.41, 5.74) is 8.93. The van der Waals surface area contributed by atoms with Crippen LogP contribution in [0.25, 0.3) is 0 Å². The highest BCUT2D eigenvalue weighted by molar-refractivity contribution is 5.85. The van der Waals surface area contributed by atoms with Crippen molar-refractivity contribution in [2.24, 2.45) is 35.3 Å². The largest absolute Gasteiger partial charge is 0.504 e. The Bertz CT molecular complexity index is 1510. The van der Waals surface area contributed by atoms with E-state index >= 15 is 0 Å². The number of rotatable bonds is 16. The first kappa shape index (κ1) is 39.9. The van der Waals surface area contributed by atoms with Crippen LogP contribution in [0.3, 0.4) is 0 Å². The molecule has 0 amide bonds. The van der Waals surface area contributed by atoms with Crippen molar-refractivity contribution in [1.29, 1.82) is 0 Å². The van der Waals surface area contributed by atoms with Crippen LogP contribution in [0.5, 0.6) is 11.5 Å². The van der Waals surface area contributed by atoms with Crippen LogP contribution in [0.1, 0.15) is 121 Å². The Morgan fingerprint density at radius 3 is 2.62 bits per heavy atom. The van der Waals surface area contributed by atoms with Crippen molar-refractivity contribution in [3.05, 3.63) is 46.8 Å². The van der Waals surface area contributed by atoms with Gasteiger partial charge in [-0.3, -0.25) is 9.59 Å². The van der Waals surface area contributed by atoms with Crippen LogP contribution in [0.4, 0.5) is 0 Å². The number of ether oxygens (including phenoxy) is 1. The van der Waals surface area contributed by atoms with Crippen molar-refractivity contribution >= 4 is 11.6 Å². The van der Waals surface area contributed by atoms with E-state index in [1.54, 1.807) is 12.1 Å². The van der Waals surface area contributed by atoms with Gasteiger partial charge in [-0.25, -0.2) is 0 Å². The fourth-order valence-electron chi connectivity index (χ4n) is 8.82. The number of benzene rings is 1. The first-order valence-electron chi connectivity index (χ1n) is 20.0. The Morgan fingerprint density at radius 1 is 1.02 bits per heavy atom. The minimum absolute atomic E-state index is 0.0217. The van der Waals surface area contributed by atoms with Crippen molar-refractivity contribution in [2.45, 2.75) is 134 Å². The number of ketones is 2. The molecule has 1 saturated heterocycles. The molecule has 7 N–H and O–H groups in total. The molecule has 1 saturated carbocycles. The smallest absolute Gasteiger partial charge is 0.160 e. The third-order valence-electron chi connectivity index (χ3n) is 12.0.